The zero-order valence-electron chi connectivity index (χ0n) is 37.3. The van der Waals surface area contributed by atoms with Crippen LogP contribution in [0, 0.1) is 0 Å². The number of ether oxygens (including phenoxy) is 1. The molecule has 0 fully saturated rings. The van der Waals surface area contributed by atoms with Gasteiger partial charge < -0.3 is 20.3 Å². The Balaban J connectivity index is 4.53. The molecule has 6 heteroatoms. The lowest BCUT2D eigenvalue weighted by Gasteiger charge is -2.24. The molecule has 0 aliphatic heterocycles. The van der Waals surface area contributed by atoms with Gasteiger partial charge in [-0.2, -0.15) is 0 Å². The van der Waals surface area contributed by atoms with Crippen molar-refractivity contribution in [1.82, 2.24) is 5.32 Å². The Kier molecular flexibility index (Phi) is 42.7. The van der Waals surface area contributed by atoms with E-state index in [2.05, 4.69) is 62.5 Å². The quantitative estimate of drug-likeness (QED) is 0.0325. The number of hydrogen-bond acceptors (Lipinski definition) is 5. The summed E-state index contributed by atoms with van der Waals surface area (Å²) in [4.78, 5) is 26.0. The minimum atomic E-state index is -0.789. The molecule has 3 unspecified atom stereocenters. The van der Waals surface area contributed by atoms with E-state index in [1.54, 1.807) is 0 Å². The Morgan fingerprint density at radius 1 is 0.536 bits per heavy atom. The molecular formula is C50H93NO5. The molecule has 328 valence electrons. The van der Waals surface area contributed by atoms with Gasteiger partial charge in [-0.15, -0.1) is 0 Å². The van der Waals surface area contributed by atoms with Crippen molar-refractivity contribution >= 4 is 11.9 Å². The molecule has 0 saturated heterocycles. The molecule has 1 amide bonds. The van der Waals surface area contributed by atoms with E-state index in [4.69, 9.17) is 4.74 Å². The number of allylic oxidation sites excluding steroid dienone is 6. The molecule has 0 aromatic carbocycles. The first-order chi connectivity index (χ1) is 27.5. The van der Waals surface area contributed by atoms with Gasteiger partial charge >= 0.3 is 5.97 Å². The van der Waals surface area contributed by atoms with Crippen molar-refractivity contribution in [1.29, 1.82) is 0 Å². The number of nitrogens with one attached hydrogen (secondary N) is 1. The molecule has 0 saturated carbocycles. The SMILES string of the molecule is CC/C=C/C/C=C/CCCCCCCCCC(=O)OC(CCCCC/C=C\CCCCC)CC(=O)NC(CO)C(O)CCCCCCCCCCCCCCC. The maximum absolute atomic E-state index is 13.1. The normalized spacial score (nSPS) is 13.6. The lowest BCUT2D eigenvalue weighted by Crippen LogP contribution is -2.46. The second-order valence-electron chi connectivity index (χ2n) is 16.5. The number of carbonyl (C=O) groups is 2. The first-order valence-corrected chi connectivity index (χ1v) is 24.2. The summed E-state index contributed by atoms with van der Waals surface area (Å²) in [6.45, 7) is 6.34. The van der Waals surface area contributed by atoms with E-state index in [1.165, 1.54) is 109 Å². The van der Waals surface area contributed by atoms with E-state index in [1.807, 2.05) is 0 Å². The number of aliphatic hydroxyl groups excluding tert-OH is 2. The van der Waals surface area contributed by atoms with Crippen LogP contribution in [0.2, 0.25) is 0 Å². The van der Waals surface area contributed by atoms with Crippen molar-refractivity contribution in [3.8, 4) is 0 Å². The van der Waals surface area contributed by atoms with Gasteiger partial charge in [-0.1, -0.05) is 192 Å². The molecule has 0 aliphatic carbocycles. The van der Waals surface area contributed by atoms with E-state index >= 15 is 0 Å². The molecule has 3 N–H and O–H groups in total. The zero-order chi connectivity index (χ0) is 41.0. The summed E-state index contributed by atoms with van der Waals surface area (Å²) >= 11 is 0. The molecule has 0 aromatic heterocycles. The van der Waals surface area contributed by atoms with Gasteiger partial charge in [0.05, 0.1) is 25.2 Å². The van der Waals surface area contributed by atoms with Crippen molar-refractivity contribution in [2.45, 2.75) is 264 Å². The number of esters is 1. The third-order valence-electron chi connectivity index (χ3n) is 11.0. The van der Waals surface area contributed by atoms with Gasteiger partial charge in [0.25, 0.3) is 0 Å². The van der Waals surface area contributed by atoms with Crippen LogP contribution in [0.1, 0.15) is 245 Å². The second kappa shape index (κ2) is 44.2. The van der Waals surface area contributed by atoms with Gasteiger partial charge in [-0.25, -0.2) is 0 Å². The van der Waals surface area contributed by atoms with Crippen LogP contribution in [0.5, 0.6) is 0 Å². The highest BCUT2D eigenvalue weighted by Gasteiger charge is 2.24. The average Bonchev–Trinajstić information content (AvgIpc) is 3.19. The van der Waals surface area contributed by atoms with Gasteiger partial charge in [-0.3, -0.25) is 9.59 Å². The molecule has 6 nitrogen and oxygen atoms in total. The maximum Gasteiger partial charge on any atom is 0.306 e. The van der Waals surface area contributed by atoms with Crippen LogP contribution in [0.15, 0.2) is 36.5 Å². The molecule has 0 rings (SSSR count). The first kappa shape index (κ1) is 54.1. The largest absolute Gasteiger partial charge is 0.462 e. The topological polar surface area (TPSA) is 95.9 Å². The van der Waals surface area contributed by atoms with Crippen molar-refractivity contribution in [2.75, 3.05) is 6.61 Å². The van der Waals surface area contributed by atoms with Gasteiger partial charge in [0.2, 0.25) is 5.91 Å². The molecule has 0 heterocycles. The maximum atomic E-state index is 13.1. The molecule has 0 bridgehead atoms. The summed E-state index contributed by atoms with van der Waals surface area (Å²) in [5, 5.41) is 23.7. The van der Waals surface area contributed by atoms with E-state index in [9.17, 15) is 19.8 Å². The predicted octanol–water partition coefficient (Wildman–Crippen LogP) is 14.1. The van der Waals surface area contributed by atoms with Gasteiger partial charge in [0.1, 0.15) is 6.10 Å². The van der Waals surface area contributed by atoms with Crippen LogP contribution >= 0.6 is 0 Å². The lowest BCUT2D eigenvalue weighted by molar-refractivity contribution is -0.151. The third-order valence-corrected chi connectivity index (χ3v) is 11.0. The molecule has 56 heavy (non-hydrogen) atoms. The minimum absolute atomic E-state index is 0.0651. The highest BCUT2D eigenvalue weighted by atomic mass is 16.5. The van der Waals surface area contributed by atoms with Crippen molar-refractivity contribution in [3.05, 3.63) is 36.5 Å². The first-order valence-electron chi connectivity index (χ1n) is 24.2. The van der Waals surface area contributed by atoms with Crippen molar-refractivity contribution in [3.63, 3.8) is 0 Å². The highest BCUT2D eigenvalue weighted by Crippen LogP contribution is 2.17. The summed E-state index contributed by atoms with van der Waals surface area (Å²) in [7, 11) is 0. The van der Waals surface area contributed by atoms with E-state index < -0.39 is 18.2 Å². The fourth-order valence-corrected chi connectivity index (χ4v) is 7.29. The van der Waals surface area contributed by atoms with Crippen LogP contribution in [-0.4, -0.2) is 46.9 Å². The van der Waals surface area contributed by atoms with E-state index in [0.717, 1.165) is 89.9 Å². The van der Waals surface area contributed by atoms with Gasteiger partial charge in [-0.05, 0) is 77.0 Å². The Hall–Kier alpha value is -1.92. The van der Waals surface area contributed by atoms with Gasteiger partial charge in [0, 0.05) is 6.42 Å². The minimum Gasteiger partial charge on any atom is -0.462 e. The van der Waals surface area contributed by atoms with E-state index in [-0.39, 0.29) is 24.9 Å². The molecule has 3 atom stereocenters. The third kappa shape index (κ3) is 38.9. The van der Waals surface area contributed by atoms with Crippen LogP contribution in [-0.2, 0) is 14.3 Å². The molecule has 0 aliphatic rings. The summed E-state index contributed by atoms with van der Waals surface area (Å²) in [5.41, 5.74) is 0. The Labute approximate surface area is 347 Å². The molecule has 0 radical (unpaired) electrons. The molecular weight excluding hydrogens is 695 g/mol. The van der Waals surface area contributed by atoms with Crippen LogP contribution in [0.4, 0.5) is 0 Å². The highest BCUT2D eigenvalue weighted by molar-refractivity contribution is 5.77. The molecule has 0 spiro atoms. The number of aliphatic hydroxyl groups is 2. The number of hydrogen-bond donors (Lipinski definition) is 3. The van der Waals surface area contributed by atoms with Crippen LogP contribution < -0.4 is 5.32 Å². The number of unbranched alkanes of at least 4 members (excludes halogenated alkanes) is 25. The lowest BCUT2D eigenvalue weighted by atomic mass is 10.0. The second-order valence-corrected chi connectivity index (χ2v) is 16.5. The fraction of sp³-hybridized carbons (Fsp3) is 0.840. The number of rotatable bonds is 43. The molecule has 0 aromatic rings. The smallest absolute Gasteiger partial charge is 0.306 e. The predicted molar refractivity (Wildman–Crippen MR) is 241 cm³/mol. The summed E-state index contributed by atoms with van der Waals surface area (Å²) < 4.78 is 5.90. The summed E-state index contributed by atoms with van der Waals surface area (Å²) in [6.07, 6.45) is 50.6. The van der Waals surface area contributed by atoms with Crippen LogP contribution in [0.25, 0.3) is 0 Å². The average molecular weight is 788 g/mol. The van der Waals surface area contributed by atoms with Crippen molar-refractivity contribution in [2.24, 2.45) is 0 Å². The zero-order valence-corrected chi connectivity index (χ0v) is 37.3. The Bertz CT molecular complexity index is 930. The van der Waals surface area contributed by atoms with Crippen molar-refractivity contribution < 1.29 is 24.5 Å². The number of amides is 1. The standard InChI is InChI=1S/C50H93NO5/c1-4-7-10-13-16-19-22-24-26-28-31-34-37-40-43-50(55)56-46(41-38-35-32-29-21-18-15-12-9-6-3)44-49(54)51-47(45-52)48(53)42-39-36-33-30-27-25-23-20-17-14-11-8-5-2/h7,10,16,18-19,21,46-48,52-53H,4-6,8-9,11-15,17,20,22-45H2,1-3H3,(H,51,54)/b10-7+,19-16+,21-18-. The Morgan fingerprint density at radius 2 is 0.964 bits per heavy atom. The van der Waals surface area contributed by atoms with Gasteiger partial charge in [0.15, 0.2) is 0 Å². The summed E-state index contributed by atoms with van der Waals surface area (Å²) in [6, 6.07) is -0.704. The fourth-order valence-electron chi connectivity index (χ4n) is 7.29. The summed E-state index contributed by atoms with van der Waals surface area (Å²) in [5.74, 6) is -0.496. The monoisotopic (exact) mass is 788 g/mol. The number of carbonyl (C=O) groups excluding carboxylic acids is 2. The van der Waals surface area contributed by atoms with Crippen LogP contribution in [0.3, 0.4) is 0 Å². The Morgan fingerprint density at radius 3 is 1.52 bits per heavy atom. The van der Waals surface area contributed by atoms with E-state index in [0.29, 0.717) is 19.3 Å².